The van der Waals surface area contributed by atoms with Gasteiger partial charge >= 0.3 is 0 Å². The van der Waals surface area contributed by atoms with Crippen LogP contribution in [0.25, 0.3) is 66.1 Å². The van der Waals surface area contributed by atoms with Crippen molar-refractivity contribution in [3.63, 3.8) is 0 Å². The summed E-state index contributed by atoms with van der Waals surface area (Å²) in [7, 11) is 0. The zero-order valence-electron chi connectivity index (χ0n) is 27.9. The Morgan fingerprint density at radius 2 is 0.961 bits per heavy atom. The van der Waals surface area contributed by atoms with Gasteiger partial charge in [-0.05, 0) is 89.1 Å². The molecule has 0 aliphatic carbocycles. The van der Waals surface area contributed by atoms with Crippen molar-refractivity contribution in [2.45, 2.75) is 0 Å². The van der Waals surface area contributed by atoms with Crippen LogP contribution < -0.4 is 4.90 Å². The van der Waals surface area contributed by atoms with E-state index in [9.17, 15) is 0 Å². The zero-order valence-corrected chi connectivity index (χ0v) is 27.9. The van der Waals surface area contributed by atoms with E-state index in [2.05, 4.69) is 214 Å². The van der Waals surface area contributed by atoms with Gasteiger partial charge in [0.05, 0.1) is 22.2 Å². The predicted octanol–water partition coefficient (Wildman–Crippen LogP) is 13.0. The topological polar surface area (TPSA) is 13.1 Å². The maximum atomic E-state index is 2.46. The Morgan fingerprint density at radius 3 is 1.78 bits per heavy atom. The fourth-order valence-corrected chi connectivity index (χ4v) is 7.80. The lowest BCUT2D eigenvalue weighted by Crippen LogP contribution is -2.10. The van der Waals surface area contributed by atoms with Gasteiger partial charge in [-0.1, -0.05) is 127 Å². The van der Waals surface area contributed by atoms with Gasteiger partial charge in [0.1, 0.15) is 0 Å². The molecular weight excluding hydrogens is 619 g/mol. The highest BCUT2D eigenvalue weighted by atomic mass is 15.1. The van der Waals surface area contributed by atoms with E-state index >= 15 is 0 Å². The van der Waals surface area contributed by atoms with Crippen LogP contribution in [0.4, 0.5) is 17.1 Å². The molecule has 0 fully saturated rings. The van der Waals surface area contributed by atoms with Crippen molar-refractivity contribution in [3.05, 3.63) is 200 Å². The summed E-state index contributed by atoms with van der Waals surface area (Å²) in [6.07, 6.45) is 0. The predicted molar refractivity (Wildman–Crippen MR) is 215 cm³/mol. The molecule has 0 aliphatic heterocycles. The molecule has 10 aromatic rings. The smallest absolute Gasteiger partial charge is 0.0635 e. The third-order valence-electron chi connectivity index (χ3n) is 10.1. The first-order chi connectivity index (χ1) is 25.3. The van der Waals surface area contributed by atoms with Gasteiger partial charge < -0.3 is 14.0 Å². The second kappa shape index (κ2) is 11.9. The maximum absolute atomic E-state index is 2.46. The average molecular weight is 652 g/mol. The van der Waals surface area contributed by atoms with Gasteiger partial charge in [0.15, 0.2) is 0 Å². The third kappa shape index (κ3) is 4.82. The average Bonchev–Trinajstić information content (AvgIpc) is 3.76. The lowest BCUT2D eigenvalue weighted by atomic mass is 10.1. The van der Waals surface area contributed by atoms with E-state index in [1.165, 1.54) is 54.7 Å². The number of rotatable bonds is 6. The molecule has 0 aliphatic rings. The molecule has 0 N–H and O–H groups in total. The van der Waals surface area contributed by atoms with Crippen LogP contribution in [0.1, 0.15) is 0 Å². The monoisotopic (exact) mass is 651 g/mol. The van der Waals surface area contributed by atoms with Crippen molar-refractivity contribution in [2.75, 3.05) is 4.90 Å². The molecule has 0 bridgehead atoms. The number of benzene rings is 8. The molecule has 240 valence electrons. The molecule has 3 nitrogen and oxygen atoms in total. The van der Waals surface area contributed by atoms with Crippen LogP contribution in [0, 0.1) is 0 Å². The van der Waals surface area contributed by atoms with Gasteiger partial charge in [0.25, 0.3) is 0 Å². The van der Waals surface area contributed by atoms with Crippen LogP contribution in [0.15, 0.2) is 200 Å². The highest BCUT2D eigenvalue weighted by Crippen LogP contribution is 2.42. The number of hydrogen-bond acceptors (Lipinski definition) is 1. The molecule has 8 aromatic carbocycles. The van der Waals surface area contributed by atoms with Crippen LogP contribution in [0.5, 0.6) is 0 Å². The summed E-state index contributed by atoms with van der Waals surface area (Å²) >= 11 is 0. The van der Waals surface area contributed by atoms with Crippen molar-refractivity contribution in [1.29, 1.82) is 0 Å². The molecule has 0 spiro atoms. The number of para-hydroxylation sites is 3. The summed E-state index contributed by atoms with van der Waals surface area (Å²) in [5.41, 5.74) is 11.5. The molecule has 0 amide bonds. The Bertz CT molecular complexity index is 2850. The van der Waals surface area contributed by atoms with E-state index in [1.54, 1.807) is 0 Å². The van der Waals surface area contributed by atoms with Crippen LogP contribution in [-0.2, 0) is 0 Å². The SMILES string of the molecule is c1ccc(-c2cc3c(ccc4c5ccccc5n(-c5cccc(N(c6ccccc6)c6ccc7ccccc7c6)c5)c43)n2-c2ccccc2)cc1. The maximum Gasteiger partial charge on any atom is 0.0635 e. The van der Waals surface area contributed by atoms with E-state index in [-0.39, 0.29) is 0 Å². The largest absolute Gasteiger partial charge is 0.310 e. The van der Waals surface area contributed by atoms with Crippen molar-refractivity contribution in [3.8, 4) is 22.6 Å². The Labute approximate surface area is 296 Å². The van der Waals surface area contributed by atoms with Gasteiger partial charge in [0.2, 0.25) is 0 Å². The number of fused-ring (bicyclic) bond motifs is 6. The second-order valence-corrected chi connectivity index (χ2v) is 13.0. The third-order valence-corrected chi connectivity index (χ3v) is 10.1. The number of nitrogens with zero attached hydrogens (tertiary/aromatic N) is 3. The molecule has 0 saturated carbocycles. The van der Waals surface area contributed by atoms with Gasteiger partial charge in [0, 0.05) is 44.6 Å². The standard InChI is InChI=1S/C48H33N3/c1-4-16-35(17-5-1)47-33-44-46(50(47)38-21-8-3-9-22-38)30-29-43-42-25-12-13-26-45(42)51(48(43)44)40-24-14-23-39(32-40)49(37-19-6-2-7-20-37)41-28-27-34-15-10-11-18-36(34)31-41/h1-33H. The van der Waals surface area contributed by atoms with E-state index in [1.807, 2.05) is 0 Å². The molecule has 3 heteroatoms. The molecule has 0 atom stereocenters. The number of aromatic nitrogens is 2. The van der Waals surface area contributed by atoms with Gasteiger partial charge in [-0.15, -0.1) is 0 Å². The molecule has 2 heterocycles. The first-order valence-electron chi connectivity index (χ1n) is 17.4. The first-order valence-corrected chi connectivity index (χ1v) is 17.4. The highest BCUT2D eigenvalue weighted by Gasteiger charge is 2.21. The van der Waals surface area contributed by atoms with Crippen molar-refractivity contribution >= 4 is 60.5 Å². The van der Waals surface area contributed by atoms with E-state index in [0.29, 0.717) is 0 Å². The second-order valence-electron chi connectivity index (χ2n) is 13.0. The molecular formula is C48H33N3. The number of hydrogen-bond donors (Lipinski definition) is 0. The normalized spacial score (nSPS) is 11.5. The minimum atomic E-state index is 1.10. The zero-order chi connectivity index (χ0) is 33.7. The molecule has 10 rings (SSSR count). The minimum absolute atomic E-state index is 1.10. The van der Waals surface area contributed by atoms with Crippen LogP contribution in [0.3, 0.4) is 0 Å². The first kappa shape index (κ1) is 29.1. The Kier molecular flexibility index (Phi) is 6.81. The fraction of sp³-hybridized carbons (Fsp3) is 0. The fourth-order valence-electron chi connectivity index (χ4n) is 7.80. The minimum Gasteiger partial charge on any atom is -0.310 e. The summed E-state index contributed by atoms with van der Waals surface area (Å²) < 4.78 is 4.86. The summed E-state index contributed by atoms with van der Waals surface area (Å²) in [4.78, 5) is 2.36. The van der Waals surface area contributed by atoms with Gasteiger partial charge in [-0.3, -0.25) is 0 Å². The summed E-state index contributed by atoms with van der Waals surface area (Å²) in [6, 6.07) is 72.1. The van der Waals surface area contributed by atoms with Gasteiger partial charge in [-0.2, -0.15) is 0 Å². The van der Waals surface area contributed by atoms with Crippen molar-refractivity contribution < 1.29 is 0 Å². The van der Waals surface area contributed by atoms with E-state index in [0.717, 1.165) is 28.4 Å². The lowest BCUT2D eigenvalue weighted by Gasteiger charge is -2.26. The summed E-state index contributed by atoms with van der Waals surface area (Å²) in [5.74, 6) is 0. The Hall–Kier alpha value is -6.84. The van der Waals surface area contributed by atoms with E-state index < -0.39 is 0 Å². The van der Waals surface area contributed by atoms with E-state index in [4.69, 9.17) is 0 Å². The quantitative estimate of drug-likeness (QED) is 0.174. The molecule has 0 saturated heterocycles. The van der Waals surface area contributed by atoms with Crippen LogP contribution >= 0.6 is 0 Å². The molecule has 0 radical (unpaired) electrons. The van der Waals surface area contributed by atoms with Crippen LogP contribution in [0.2, 0.25) is 0 Å². The van der Waals surface area contributed by atoms with Crippen molar-refractivity contribution in [2.24, 2.45) is 0 Å². The molecule has 2 aromatic heterocycles. The number of anilines is 3. The lowest BCUT2D eigenvalue weighted by molar-refractivity contribution is 1.13. The summed E-state index contributed by atoms with van der Waals surface area (Å²) in [6.45, 7) is 0. The summed E-state index contributed by atoms with van der Waals surface area (Å²) in [5, 5.41) is 6.14. The molecule has 51 heavy (non-hydrogen) atoms. The molecule has 0 unspecified atom stereocenters. The van der Waals surface area contributed by atoms with Crippen molar-refractivity contribution in [1.82, 2.24) is 9.13 Å². The Morgan fingerprint density at radius 1 is 0.333 bits per heavy atom. The van der Waals surface area contributed by atoms with Crippen LogP contribution in [-0.4, -0.2) is 9.13 Å². The highest BCUT2D eigenvalue weighted by molar-refractivity contribution is 6.19. The Balaban J connectivity index is 1.25. The van der Waals surface area contributed by atoms with Gasteiger partial charge in [-0.25, -0.2) is 0 Å².